The van der Waals surface area contributed by atoms with Crippen molar-refractivity contribution < 1.29 is 13.6 Å². The van der Waals surface area contributed by atoms with Gasteiger partial charge < -0.3 is 0 Å². The fourth-order valence-electron chi connectivity index (χ4n) is 2.57. The Labute approximate surface area is 123 Å². The van der Waals surface area contributed by atoms with Gasteiger partial charge in [0.25, 0.3) is 0 Å². The molecule has 0 saturated heterocycles. The standard InChI is InChI=1S/C16H11BrF2O/c17-13-8-14(18)12(7-15(13)19)16(20)11-5-4-9-2-1-3-10(9)6-11/h4-8H,1-3H2. The molecule has 3 rings (SSSR count). The first-order valence-electron chi connectivity index (χ1n) is 6.37. The Morgan fingerprint density at radius 2 is 1.75 bits per heavy atom. The van der Waals surface area contributed by atoms with Gasteiger partial charge in [0.1, 0.15) is 11.6 Å². The van der Waals surface area contributed by atoms with E-state index >= 15 is 0 Å². The summed E-state index contributed by atoms with van der Waals surface area (Å²) in [5, 5.41) is 0. The molecule has 1 nitrogen and oxygen atoms in total. The summed E-state index contributed by atoms with van der Waals surface area (Å²) in [6.45, 7) is 0. The number of carbonyl (C=O) groups is 1. The van der Waals surface area contributed by atoms with E-state index in [1.165, 1.54) is 5.56 Å². The van der Waals surface area contributed by atoms with Gasteiger partial charge in [0.15, 0.2) is 5.78 Å². The Bertz CT molecular complexity index is 710. The van der Waals surface area contributed by atoms with E-state index in [1.54, 1.807) is 12.1 Å². The summed E-state index contributed by atoms with van der Waals surface area (Å²) in [5.74, 6) is -1.84. The van der Waals surface area contributed by atoms with Crippen molar-refractivity contribution in [3.05, 3.63) is 68.7 Å². The van der Waals surface area contributed by atoms with E-state index in [9.17, 15) is 13.6 Å². The molecule has 1 aliphatic rings. The van der Waals surface area contributed by atoms with Crippen LogP contribution in [0.5, 0.6) is 0 Å². The molecule has 102 valence electrons. The summed E-state index contributed by atoms with van der Waals surface area (Å²) >= 11 is 2.90. The molecule has 0 atom stereocenters. The molecule has 2 aromatic rings. The van der Waals surface area contributed by atoms with Crippen LogP contribution in [0.15, 0.2) is 34.8 Å². The molecular weight excluding hydrogens is 326 g/mol. The Morgan fingerprint density at radius 3 is 2.55 bits per heavy atom. The maximum atomic E-state index is 13.8. The quantitative estimate of drug-likeness (QED) is 0.585. The van der Waals surface area contributed by atoms with Gasteiger partial charge in [-0.15, -0.1) is 0 Å². The van der Waals surface area contributed by atoms with E-state index in [2.05, 4.69) is 15.9 Å². The van der Waals surface area contributed by atoms with Crippen LogP contribution < -0.4 is 0 Å². The van der Waals surface area contributed by atoms with Crippen molar-refractivity contribution in [2.24, 2.45) is 0 Å². The lowest BCUT2D eigenvalue weighted by Crippen LogP contribution is -2.06. The van der Waals surface area contributed by atoms with Gasteiger partial charge in [0.05, 0.1) is 10.0 Å². The molecule has 0 amide bonds. The lowest BCUT2D eigenvalue weighted by Gasteiger charge is -2.06. The first kappa shape index (κ1) is 13.4. The highest BCUT2D eigenvalue weighted by atomic mass is 79.9. The van der Waals surface area contributed by atoms with Gasteiger partial charge in [-0.1, -0.05) is 12.1 Å². The topological polar surface area (TPSA) is 17.1 Å². The highest BCUT2D eigenvalue weighted by molar-refractivity contribution is 9.10. The zero-order valence-corrected chi connectivity index (χ0v) is 12.1. The van der Waals surface area contributed by atoms with Crippen molar-refractivity contribution in [1.82, 2.24) is 0 Å². The van der Waals surface area contributed by atoms with Gasteiger partial charge >= 0.3 is 0 Å². The van der Waals surface area contributed by atoms with Crippen molar-refractivity contribution in [3.8, 4) is 0 Å². The molecule has 1 aliphatic carbocycles. The fraction of sp³-hybridized carbons (Fsp3) is 0.188. The second-order valence-corrected chi connectivity index (χ2v) is 5.77. The van der Waals surface area contributed by atoms with Gasteiger partial charge in [-0.3, -0.25) is 4.79 Å². The maximum Gasteiger partial charge on any atom is 0.196 e. The number of fused-ring (bicyclic) bond motifs is 1. The predicted octanol–water partition coefficient (Wildman–Crippen LogP) is 4.45. The van der Waals surface area contributed by atoms with Crippen molar-refractivity contribution in [2.45, 2.75) is 19.3 Å². The number of carbonyl (C=O) groups excluding carboxylic acids is 1. The molecular formula is C16H11BrF2O. The van der Waals surface area contributed by atoms with Crippen molar-refractivity contribution >= 4 is 21.7 Å². The first-order chi connectivity index (χ1) is 9.56. The summed E-state index contributed by atoms with van der Waals surface area (Å²) in [6, 6.07) is 7.31. The van der Waals surface area contributed by atoms with Crippen LogP contribution in [0.25, 0.3) is 0 Å². The lowest BCUT2D eigenvalue weighted by molar-refractivity contribution is 0.103. The maximum absolute atomic E-state index is 13.8. The van der Waals surface area contributed by atoms with E-state index in [-0.39, 0.29) is 10.0 Å². The molecule has 0 spiro atoms. The number of rotatable bonds is 2. The molecule has 0 N–H and O–H groups in total. The highest BCUT2D eigenvalue weighted by Crippen LogP contribution is 2.26. The minimum atomic E-state index is -0.719. The third-order valence-corrected chi connectivity index (χ3v) is 4.22. The Morgan fingerprint density at radius 1 is 1.00 bits per heavy atom. The summed E-state index contributed by atoms with van der Waals surface area (Å²) in [7, 11) is 0. The molecule has 0 heterocycles. The number of hydrogen-bond donors (Lipinski definition) is 0. The summed E-state index contributed by atoms with van der Waals surface area (Å²) in [4.78, 5) is 12.3. The average molecular weight is 337 g/mol. The van der Waals surface area contributed by atoms with Gasteiger partial charge in [-0.05, 0) is 64.5 Å². The predicted molar refractivity (Wildman–Crippen MR) is 76.0 cm³/mol. The minimum Gasteiger partial charge on any atom is -0.288 e. The minimum absolute atomic E-state index is 0.0144. The Balaban J connectivity index is 2.03. The van der Waals surface area contributed by atoms with Crippen molar-refractivity contribution in [2.75, 3.05) is 0 Å². The molecule has 0 fully saturated rings. The number of halogens is 3. The average Bonchev–Trinajstić information content (AvgIpc) is 2.89. The lowest BCUT2D eigenvalue weighted by atomic mass is 9.99. The van der Waals surface area contributed by atoms with Gasteiger partial charge in [0, 0.05) is 5.56 Å². The molecule has 0 bridgehead atoms. The largest absolute Gasteiger partial charge is 0.288 e. The zero-order valence-electron chi connectivity index (χ0n) is 10.6. The van der Waals surface area contributed by atoms with Crippen LogP contribution in [0.4, 0.5) is 8.78 Å². The summed E-state index contributed by atoms with van der Waals surface area (Å²) in [5.41, 5.74) is 2.55. The van der Waals surface area contributed by atoms with E-state index in [0.717, 1.165) is 37.0 Å². The molecule has 0 saturated carbocycles. The van der Waals surface area contributed by atoms with Crippen LogP contribution in [0.3, 0.4) is 0 Å². The third-order valence-electron chi connectivity index (χ3n) is 3.62. The van der Waals surface area contributed by atoms with E-state index < -0.39 is 17.4 Å². The van der Waals surface area contributed by atoms with Crippen LogP contribution in [-0.2, 0) is 12.8 Å². The van der Waals surface area contributed by atoms with Crippen LogP contribution in [0.2, 0.25) is 0 Å². The number of ketones is 1. The van der Waals surface area contributed by atoms with Crippen LogP contribution in [-0.4, -0.2) is 5.78 Å². The molecule has 0 aliphatic heterocycles. The zero-order chi connectivity index (χ0) is 14.3. The van der Waals surface area contributed by atoms with Crippen LogP contribution in [0, 0.1) is 11.6 Å². The number of aryl methyl sites for hydroxylation is 2. The number of hydrogen-bond acceptors (Lipinski definition) is 1. The second-order valence-electron chi connectivity index (χ2n) is 4.91. The molecule has 20 heavy (non-hydrogen) atoms. The van der Waals surface area contributed by atoms with Crippen molar-refractivity contribution in [1.29, 1.82) is 0 Å². The Kier molecular flexibility index (Phi) is 3.42. The van der Waals surface area contributed by atoms with Crippen LogP contribution in [0.1, 0.15) is 33.5 Å². The van der Waals surface area contributed by atoms with Gasteiger partial charge in [-0.2, -0.15) is 0 Å². The monoisotopic (exact) mass is 336 g/mol. The highest BCUT2D eigenvalue weighted by Gasteiger charge is 2.19. The van der Waals surface area contributed by atoms with Gasteiger partial charge in [-0.25, -0.2) is 8.78 Å². The molecule has 0 unspecified atom stereocenters. The fourth-order valence-corrected chi connectivity index (χ4v) is 2.88. The van der Waals surface area contributed by atoms with Crippen LogP contribution >= 0.6 is 15.9 Å². The summed E-state index contributed by atoms with van der Waals surface area (Å²) in [6.07, 6.45) is 3.03. The molecule has 4 heteroatoms. The first-order valence-corrected chi connectivity index (χ1v) is 7.16. The van der Waals surface area contributed by atoms with Gasteiger partial charge in [0.2, 0.25) is 0 Å². The molecule has 0 radical (unpaired) electrons. The SMILES string of the molecule is O=C(c1ccc2c(c1)CCC2)c1cc(F)c(Br)cc1F. The smallest absolute Gasteiger partial charge is 0.196 e. The molecule has 2 aromatic carbocycles. The normalized spacial score (nSPS) is 13.3. The van der Waals surface area contributed by atoms with E-state index in [1.807, 2.05) is 6.07 Å². The van der Waals surface area contributed by atoms with Crippen molar-refractivity contribution in [3.63, 3.8) is 0 Å². The summed E-state index contributed by atoms with van der Waals surface area (Å²) < 4.78 is 27.3. The van der Waals surface area contributed by atoms with E-state index in [4.69, 9.17) is 0 Å². The Hall–Kier alpha value is -1.55. The van der Waals surface area contributed by atoms with E-state index in [0.29, 0.717) is 5.56 Å². The second kappa shape index (κ2) is 5.09. The third kappa shape index (κ3) is 2.29. The molecule has 0 aromatic heterocycles. The number of benzene rings is 2.